The van der Waals surface area contributed by atoms with Crippen molar-refractivity contribution in [2.75, 3.05) is 12.4 Å². The third-order valence-corrected chi connectivity index (χ3v) is 3.66. The monoisotopic (exact) mass is 239 g/mol. The molecule has 1 saturated carbocycles. The minimum atomic E-state index is 0.587. The molecular formula is C13H18ClNO. The quantitative estimate of drug-likeness (QED) is 0.863. The van der Waals surface area contributed by atoms with Crippen molar-refractivity contribution in [3.05, 3.63) is 23.2 Å². The molecular weight excluding hydrogens is 222 g/mol. The maximum absolute atomic E-state index is 6.09. The van der Waals surface area contributed by atoms with Gasteiger partial charge in [0.25, 0.3) is 0 Å². The second-order valence-corrected chi connectivity index (χ2v) is 4.92. The third-order valence-electron chi connectivity index (χ3n) is 3.37. The van der Waals surface area contributed by atoms with Crippen LogP contribution in [0.25, 0.3) is 0 Å². The van der Waals surface area contributed by atoms with Crippen LogP contribution in [0.2, 0.25) is 5.02 Å². The Kier molecular flexibility index (Phi) is 3.59. The lowest BCUT2D eigenvalue weighted by molar-refractivity contribution is 0.415. The van der Waals surface area contributed by atoms with Gasteiger partial charge in [-0.3, -0.25) is 0 Å². The number of benzene rings is 1. The van der Waals surface area contributed by atoms with E-state index in [-0.39, 0.29) is 0 Å². The Bertz CT molecular complexity index is 367. The van der Waals surface area contributed by atoms with Crippen molar-refractivity contribution in [3.8, 4) is 5.75 Å². The van der Waals surface area contributed by atoms with E-state index in [0.717, 1.165) is 17.4 Å². The molecule has 1 aliphatic rings. The summed E-state index contributed by atoms with van der Waals surface area (Å²) in [4.78, 5) is 0. The summed E-state index contributed by atoms with van der Waals surface area (Å²) >= 11 is 6.09. The van der Waals surface area contributed by atoms with E-state index >= 15 is 0 Å². The molecule has 1 aliphatic carbocycles. The zero-order valence-corrected chi connectivity index (χ0v) is 10.6. The van der Waals surface area contributed by atoms with Crippen LogP contribution in [-0.4, -0.2) is 13.2 Å². The van der Waals surface area contributed by atoms with Crippen LogP contribution in [0.4, 0.5) is 5.69 Å². The maximum Gasteiger partial charge on any atom is 0.137 e. The molecule has 1 N–H and O–H groups in total. The number of nitrogens with one attached hydrogen (secondary N) is 1. The highest BCUT2D eigenvalue weighted by atomic mass is 35.5. The van der Waals surface area contributed by atoms with Crippen LogP contribution < -0.4 is 10.1 Å². The molecule has 2 nitrogen and oxygen atoms in total. The molecule has 0 spiro atoms. The van der Waals surface area contributed by atoms with Crippen LogP contribution in [0, 0.1) is 5.92 Å². The Balaban J connectivity index is 2.07. The van der Waals surface area contributed by atoms with E-state index in [4.69, 9.17) is 16.3 Å². The number of hydrogen-bond donors (Lipinski definition) is 1. The molecule has 2 atom stereocenters. The first kappa shape index (κ1) is 11.6. The average Bonchev–Trinajstić information content (AvgIpc) is 2.65. The molecule has 16 heavy (non-hydrogen) atoms. The van der Waals surface area contributed by atoms with Crippen LogP contribution in [0.5, 0.6) is 5.75 Å². The van der Waals surface area contributed by atoms with E-state index in [2.05, 4.69) is 12.2 Å². The zero-order chi connectivity index (χ0) is 11.5. The molecule has 0 radical (unpaired) electrons. The average molecular weight is 240 g/mol. The number of rotatable bonds is 3. The molecule has 2 rings (SSSR count). The van der Waals surface area contributed by atoms with E-state index in [0.29, 0.717) is 11.1 Å². The molecule has 2 unspecified atom stereocenters. The van der Waals surface area contributed by atoms with E-state index in [1.165, 1.54) is 19.3 Å². The minimum Gasteiger partial charge on any atom is -0.495 e. The van der Waals surface area contributed by atoms with E-state index in [1.54, 1.807) is 7.11 Å². The Morgan fingerprint density at radius 3 is 2.75 bits per heavy atom. The summed E-state index contributed by atoms with van der Waals surface area (Å²) in [6.07, 6.45) is 3.90. The summed E-state index contributed by atoms with van der Waals surface area (Å²) in [5.41, 5.74) is 1.09. The fourth-order valence-corrected chi connectivity index (χ4v) is 2.59. The van der Waals surface area contributed by atoms with E-state index < -0.39 is 0 Å². The topological polar surface area (TPSA) is 21.3 Å². The van der Waals surface area contributed by atoms with Crippen LogP contribution in [0.1, 0.15) is 26.2 Å². The number of methoxy groups -OCH3 is 1. The van der Waals surface area contributed by atoms with Gasteiger partial charge in [0.2, 0.25) is 0 Å². The Hall–Kier alpha value is -0.890. The fourth-order valence-electron chi connectivity index (χ4n) is 2.33. The third kappa shape index (κ3) is 2.43. The summed E-state index contributed by atoms with van der Waals surface area (Å²) in [7, 11) is 1.63. The Labute approximate surface area is 102 Å². The van der Waals surface area contributed by atoms with Gasteiger partial charge in [-0.25, -0.2) is 0 Å². The van der Waals surface area contributed by atoms with Gasteiger partial charge in [0.05, 0.1) is 12.1 Å². The molecule has 0 saturated heterocycles. The highest BCUT2D eigenvalue weighted by Crippen LogP contribution is 2.31. The van der Waals surface area contributed by atoms with Crippen molar-refractivity contribution in [3.63, 3.8) is 0 Å². The van der Waals surface area contributed by atoms with Crippen LogP contribution in [0.3, 0.4) is 0 Å². The first-order valence-electron chi connectivity index (χ1n) is 5.81. The van der Waals surface area contributed by atoms with Gasteiger partial charge in [-0.15, -0.1) is 0 Å². The molecule has 1 aromatic carbocycles. The highest BCUT2D eigenvalue weighted by Gasteiger charge is 2.22. The molecule has 1 fully saturated rings. The van der Waals surface area contributed by atoms with Crippen molar-refractivity contribution >= 4 is 17.3 Å². The standard InChI is InChI=1S/C13H18ClNO/c1-9-4-3-5-12(9)15-10-6-7-13(16-2)11(14)8-10/h6-9,12,15H,3-5H2,1-2H3. The predicted molar refractivity (Wildman–Crippen MR) is 68.4 cm³/mol. The molecule has 3 heteroatoms. The number of anilines is 1. The smallest absolute Gasteiger partial charge is 0.137 e. The summed E-state index contributed by atoms with van der Waals surface area (Å²) in [6, 6.07) is 6.45. The van der Waals surface area contributed by atoms with Crippen LogP contribution >= 0.6 is 11.6 Å². The molecule has 0 bridgehead atoms. The largest absolute Gasteiger partial charge is 0.495 e. The molecule has 1 aromatic rings. The highest BCUT2D eigenvalue weighted by molar-refractivity contribution is 6.32. The van der Waals surface area contributed by atoms with Crippen LogP contribution in [-0.2, 0) is 0 Å². The maximum atomic E-state index is 6.09. The summed E-state index contributed by atoms with van der Waals surface area (Å²) in [5, 5.41) is 4.21. The van der Waals surface area contributed by atoms with Gasteiger partial charge in [0.15, 0.2) is 0 Å². The van der Waals surface area contributed by atoms with Crippen molar-refractivity contribution in [1.29, 1.82) is 0 Å². The number of hydrogen-bond acceptors (Lipinski definition) is 2. The van der Waals surface area contributed by atoms with E-state index in [9.17, 15) is 0 Å². The van der Waals surface area contributed by atoms with Gasteiger partial charge in [-0.2, -0.15) is 0 Å². The SMILES string of the molecule is COc1ccc(NC2CCCC2C)cc1Cl. The second-order valence-electron chi connectivity index (χ2n) is 4.51. The van der Waals surface area contributed by atoms with Crippen molar-refractivity contribution in [2.24, 2.45) is 5.92 Å². The molecule has 88 valence electrons. The van der Waals surface area contributed by atoms with Gasteiger partial charge < -0.3 is 10.1 Å². The van der Waals surface area contributed by atoms with Crippen LogP contribution in [0.15, 0.2) is 18.2 Å². The summed E-state index contributed by atoms with van der Waals surface area (Å²) in [6.45, 7) is 2.30. The van der Waals surface area contributed by atoms with Crippen molar-refractivity contribution in [2.45, 2.75) is 32.2 Å². The lowest BCUT2D eigenvalue weighted by Gasteiger charge is -2.19. The Morgan fingerprint density at radius 2 is 2.19 bits per heavy atom. The lowest BCUT2D eigenvalue weighted by atomic mass is 10.1. The zero-order valence-electron chi connectivity index (χ0n) is 9.79. The van der Waals surface area contributed by atoms with E-state index in [1.807, 2.05) is 18.2 Å². The number of ether oxygens (including phenoxy) is 1. The van der Waals surface area contributed by atoms with Gasteiger partial charge in [0.1, 0.15) is 5.75 Å². The second kappa shape index (κ2) is 4.96. The fraction of sp³-hybridized carbons (Fsp3) is 0.538. The predicted octanol–water partition coefficient (Wildman–Crippen LogP) is 3.95. The number of halogens is 1. The lowest BCUT2D eigenvalue weighted by Crippen LogP contribution is -2.21. The van der Waals surface area contributed by atoms with Gasteiger partial charge in [0, 0.05) is 11.7 Å². The Morgan fingerprint density at radius 1 is 1.38 bits per heavy atom. The summed E-state index contributed by atoms with van der Waals surface area (Å²) in [5.74, 6) is 1.48. The molecule has 0 aromatic heterocycles. The minimum absolute atomic E-state index is 0.587. The molecule has 0 amide bonds. The van der Waals surface area contributed by atoms with Crippen molar-refractivity contribution in [1.82, 2.24) is 0 Å². The summed E-state index contributed by atoms with van der Waals surface area (Å²) < 4.78 is 5.13. The first-order chi connectivity index (χ1) is 7.70. The van der Waals surface area contributed by atoms with Gasteiger partial charge >= 0.3 is 0 Å². The van der Waals surface area contributed by atoms with Gasteiger partial charge in [-0.05, 0) is 37.0 Å². The van der Waals surface area contributed by atoms with Gasteiger partial charge in [-0.1, -0.05) is 24.9 Å². The normalized spacial score (nSPS) is 24.4. The molecule has 0 aliphatic heterocycles. The first-order valence-corrected chi connectivity index (χ1v) is 6.18. The van der Waals surface area contributed by atoms with Crippen molar-refractivity contribution < 1.29 is 4.74 Å². The molecule has 0 heterocycles.